The van der Waals surface area contributed by atoms with Crippen LogP contribution >= 0.6 is 23.2 Å². The number of unbranched alkanes of at least 4 members (excludes halogenated alkanes) is 8. The van der Waals surface area contributed by atoms with E-state index in [0.29, 0.717) is 47.2 Å². The molecule has 4 aromatic carbocycles. The third kappa shape index (κ3) is 11.7. The Hall–Kier alpha value is -3.60. The lowest BCUT2D eigenvalue weighted by Gasteiger charge is -2.26. The minimum Gasteiger partial charge on any atom is -0.425 e. The monoisotopic (exact) mass is 740 g/mol. The SMILES string of the molecule is CCCCCCCc1ccc(-c2ccc(OC(=O)[C@H]3CC[C@H](C(=O)Oc4ccc(-c5ccc(CCCCCCC)cc5)cc4Cl)CC3)c(Cl)c2)cc1. The zero-order valence-electron chi connectivity index (χ0n) is 30.9. The fourth-order valence-corrected chi connectivity index (χ4v) is 7.51. The second-order valence-corrected chi connectivity index (χ2v) is 15.2. The van der Waals surface area contributed by atoms with E-state index in [0.717, 1.165) is 35.1 Å². The summed E-state index contributed by atoms with van der Waals surface area (Å²) in [5.41, 5.74) is 6.79. The Labute approximate surface area is 321 Å². The Bertz CT molecular complexity index is 1590. The highest BCUT2D eigenvalue weighted by Crippen LogP contribution is 2.36. The summed E-state index contributed by atoms with van der Waals surface area (Å²) in [6, 6.07) is 28.3. The molecule has 6 heteroatoms. The van der Waals surface area contributed by atoms with Crippen LogP contribution in [0.15, 0.2) is 84.9 Å². The van der Waals surface area contributed by atoms with Gasteiger partial charge in [0.1, 0.15) is 11.5 Å². The number of carbonyl (C=O) groups is 2. The fourth-order valence-electron chi connectivity index (χ4n) is 7.07. The molecule has 1 fully saturated rings. The van der Waals surface area contributed by atoms with Crippen molar-refractivity contribution in [3.63, 3.8) is 0 Å². The third-order valence-corrected chi connectivity index (χ3v) is 11.0. The molecule has 0 heterocycles. The number of carbonyl (C=O) groups excluding carboxylic acids is 2. The van der Waals surface area contributed by atoms with Crippen molar-refractivity contribution in [1.82, 2.24) is 0 Å². The first kappa shape index (κ1) is 39.6. The minimum absolute atomic E-state index is 0.301. The summed E-state index contributed by atoms with van der Waals surface area (Å²) in [6.45, 7) is 4.48. The van der Waals surface area contributed by atoms with Crippen molar-refractivity contribution in [3.05, 3.63) is 106 Å². The summed E-state index contributed by atoms with van der Waals surface area (Å²) >= 11 is 13.2. The molecule has 0 unspecified atom stereocenters. The molecule has 1 aliphatic carbocycles. The quantitative estimate of drug-likeness (QED) is 0.0579. The average Bonchev–Trinajstić information content (AvgIpc) is 3.17. The lowest BCUT2D eigenvalue weighted by molar-refractivity contribution is -0.145. The van der Waals surface area contributed by atoms with Crippen molar-refractivity contribution in [3.8, 4) is 33.8 Å². The number of aryl methyl sites for hydroxylation is 2. The maximum absolute atomic E-state index is 13.1. The molecule has 0 aromatic heterocycles. The molecule has 276 valence electrons. The summed E-state index contributed by atoms with van der Waals surface area (Å²) < 4.78 is 11.5. The van der Waals surface area contributed by atoms with Crippen LogP contribution in [-0.4, -0.2) is 11.9 Å². The maximum atomic E-state index is 13.1. The van der Waals surface area contributed by atoms with E-state index in [4.69, 9.17) is 32.7 Å². The second-order valence-electron chi connectivity index (χ2n) is 14.4. The van der Waals surface area contributed by atoms with Gasteiger partial charge in [0.25, 0.3) is 0 Å². The molecule has 0 radical (unpaired) electrons. The van der Waals surface area contributed by atoms with Gasteiger partial charge in [-0.3, -0.25) is 9.59 Å². The van der Waals surface area contributed by atoms with Crippen LogP contribution in [0.2, 0.25) is 10.0 Å². The van der Waals surface area contributed by atoms with Crippen LogP contribution in [0.5, 0.6) is 11.5 Å². The van der Waals surface area contributed by atoms with Crippen molar-refractivity contribution >= 4 is 35.1 Å². The molecular formula is C46H54Cl2O4. The molecular weight excluding hydrogens is 687 g/mol. The summed E-state index contributed by atoms with van der Waals surface area (Å²) in [5.74, 6) is -0.527. The summed E-state index contributed by atoms with van der Waals surface area (Å²) in [7, 11) is 0. The number of hydrogen-bond acceptors (Lipinski definition) is 4. The first-order valence-corrected chi connectivity index (χ1v) is 20.3. The van der Waals surface area contributed by atoms with Crippen LogP contribution in [0, 0.1) is 11.8 Å². The highest BCUT2D eigenvalue weighted by atomic mass is 35.5. The van der Waals surface area contributed by atoms with Crippen LogP contribution < -0.4 is 9.47 Å². The molecule has 1 saturated carbocycles. The maximum Gasteiger partial charge on any atom is 0.314 e. The summed E-state index contributed by atoms with van der Waals surface area (Å²) in [4.78, 5) is 26.2. The first-order chi connectivity index (χ1) is 25.3. The number of esters is 2. The topological polar surface area (TPSA) is 52.6 Å². The van der Waals surface area contributed by atoms with Gasteiger partial charge in [-0.1, -0.05) is 149 Å². The molecule has 0 saturated heterocycles. The molecule has 0 N–H and O–H groups in total. The van der Waals surface area contributed by atoms with Crippen LogP contribution in [0.4, 0.5) is 0 Å². The number of halogens is 2. The molecule has 52 heavy (non-hydrogen) atoms. The average molecular weight is 742 g/mol. The predicted molar refractivity (Wildman–Crippen MR) is 215 cm³/mol. The smallest absolute Gasteiger partial charge is 0.314 e. The van der Waals surface area contributed by atoms with E-state index in [9.17, 15) is 9.59 Å². The number of rotatable bonds is 18. The van der Waals surface area contributed by atoms with Crippen molar-refractivity contribution in [2.45, 2.75) is 117 Å². The zero-order valence-corrected chi connectivity index (χ0v) is 32.5. The molecule has 0 spiro atoms. The molecule has 0 aliphatic heterocycles. The van der Waals surface area contributed by atoms with Gasteiger partial charge in [0.2, 0.25) is 0 Å². The summed E-state index contributed by atoms with van der Waals surface area (Å²) in [6.07, 6.45) is 17.1. The zero-order chi connectivity index (χ0) is 36.7. The highest BCUT2D eigenvalue weighted by Gasteiger charge is 2.32. The van der Waals surface area contributed by atoms with Crippen molar-refractivity contribution < 1.29 is 19.1 Å². The summed E-state index contributed by atoms with van der Waals surface area (Å²) in [5, 5.41) is 0.799. The van der Waals surface area contributed by atoms with E-state index >= 15 is 0 Å². The van der Waals surface area contributed by atoms with Gasteiger partial charge in [-0.05, 0) is 109 Å². The van der Waals surface area contributed by atoms with Crippen molar-refractivity contribution in [2.24, 2.45) is 11.8 Å². The van der Waals surface area contributed by atoms with Gasteiger partial charge in [0, 0.05) is 0 Å². The van der Waals surface area contributed by atoms with Gasteiger partial charge in [-0.2, -0.15) is 0 Å². The van der Waals surface area contributed by atoms with Crippen LogP contribution in [-0.2, 0) is 22.4 Å². The van der Waals surface area contributed by atoms with E-state index in [1.54, 1.807) is 12.1 Å². The normalized spacial score (nSPS) is 15.7. The van der Waals surface area contributed by atoms with Gasteiger partial charge >= 0.3 is 11.9 Å². The minimum atomic E-state index is -0.316. The van der Waals surface area contributed by atoms with E-state index < -0.39 is 0 Å². The van der Waals surface area contributed by atoms with E-state index in [1.807, 2.05) is 24.3 Å². The van der Waals surface area contributed by atoms with Gasteiger partial charge in [-0.25, -0.2) is 0 Å². The fraction of sp³-hybridized carbons (Fsp3) is 0.435. The molecule has 4 nitrogen and oxygen atoms in total. The number of ether oxygens (including phenoxy) is 2. The van der Waals surface area contributed by atoms with Gasteiger partial charge in [0.05, 0.1) is 21.9 Å². The molecule has 1 aliphatic rings. The van der Waals surface area contributed by atoms with E-state index in [2.05, 4.69) is 62.4 Å². The Morgan fingerprint density at radius 1 is 0.500 bits per heavy atom. The lowest BCUT2D eigenvalue weighted by Crippen LogP contribution is -2.30. The standard InChI is InChI=1S/C46H54Cl2O4/c1-3-5-7-9-11-13-33-15-19-35(20-16-33)39-27-29-43(41(47)31-39)51-45(49)37-23-25-38(26-24-37)46(50)52-44-30-28-40(32-42(44)48)36-21-17-34(18-22-36)14-12-10-8-6-4-2/h15-22,27-32,37-38H,3-14,23-26H2,1-2H3/t37-,38-. The van der Waals surface area contributed by atoms with Crippen molar-refractivity contribution in [1.29, 1.82) is 0 Å². The second kappa shape index (κ2) is 20.6. The lowest BCUT2D eigenvalue weighted by atomic mass is 9.82. The number of benzene rings is 4. The van der Waals surface area contributed by atoms with Crippen LogP contribution in [0.25, 0.3) is 22.3 Å². The first-order valence-electron chi connectivity index (χ1n) is 19.6. The Morgan fingerprint density at radius 2 is 0.846 bits per heavy atom. The molecule has 5 rings (SSSR count). The molecule has 0 bridgehead atoms. The van der Waals surface area contributed by atoms with Crippen molar-refractivity contribution in [2.75, 3.05) is 0 Å². The molecule has 4 aromatic rings. The number of hydrogen-bond donors (Lipinski definition) is 0. The highest BCUT2D eigenvalue weighted by molar-refractivity contribution is 6.32. The molecule has 0 atom stereocenters. The van der Waals surface area contributed by atoms with Crippen LogP contribution in [0.3, 0.4) is 0 Å². The predicted octanol–water partition coefficient (Wildman–Crippen LogP) is 13.7. The van der Waals surface area contributed by atoms with Gasteiger partial charge < -0.3 is 9.47 Å². The Kier molecular flexibility index (Phi) is 15.7. The van der Waals surface area contributed by atoms with E-state index in [-0.39, 0.29) is 23.8 Å². The Morgan fingerprint density at radius 3 is 1.19 bits per heavy atom. The third-order valence-electron chi connectivity index (χ3n) is 10.4. The van der Waals surface area contributed by atoms with E-state index in [1.165, 1.54) is 75.3 Å². The van der Waals surface area contributed by atoms with Gasteiger partial charge in [0.15, 0.2) is 0 Å². The Balaban J connectivity index is 1.06. The largest absolute Gasteiger partial charge is 0.425 e. The van der Waals surface area contributed by atoms with Crippen LogP contribution in [0.1, 0.15) is 115 Å². The van der Waals surface area contributed by atoms with Gasteiger partial charge in [-0.15, -0.1) is 0 Å². The molecule has 0 amide bonds.